The fourth-order valence-corrected chi connectivity index (χ4v) is 1.20. The summed E-state index contributed by atoms with van der Waals surface area (Å²) in [5.41, 5.74) is 8.69. The Morgan fingerprint density at radius 1 is 1.58 bits per heavy atom. The summed E-state index contributed by atoms with van der Waals surface area (Å²) >= 11 is 0. The van der Waals surface area contributed by atoms with Crippen LogP contribution >= 0.6 is 0 Å². The predicted molar refractivity (Wildman–Crippen MR) is 52.9 cm³/mol. The molecular formula is C10H14N2. The third-order valence-electron chi connectivity index (χ3n) is 1.68. The molecule has 0 fully saturated rings. The first-order valence-electron chi connectivity index (χ1n) is 3.97. The molecule has 0 heterocycles. The molecule has 12 heavy (non-hydrogen) atoms. The second-order valence-corrected chi connectivity index (χ2v) is 3.00. The van der Waals surface area contributed by atoms with Crippen LogP contribution in [-0.4, -0.2) is 5.84 Å². The van der Waals surface area contributed by atoms with Gasteiger partial charge in [0.15, 0.2) is 0 Å². The SMILES string of the molecule is C=C(C)C1=C(N=C(C)N)CC=C1. The maximum absolute atomic E-state index is 5.49. The summed E-state index contributed by atoms with van der Waals surface area (Å²) in [6.07, 6.45) is 4.99. The van der Waals surface area contributed by atoms with Gasteiger partial charge in [-0.05, 0) is 25.0 Å². The van der Waals surface area contributed by atoms with Crippen molar-refractivity contribution in [3.05, 3.63) is 35.6 Å². The van der Waals surface area contributed by atoms with Crippen LogP contribution in [0.2, 0.25) is 0 Å². The molecule has 2 N–H and O–H groups in total. The fraction of sp³-hybridized carbons (Fsp3) is 0.300. The van der Waals surface area contributed by atoms with Crippen LogP contribution in [0.25, 0.3) is 0 Å². The Hall–Kier alpha value is -1.31. The lowest BCUT2D eigenvalue weighted by atomic mass is 10.1. The number of allylic oxidation sites excluding steroid dienone is 4. The van der Waals surface area contributed by atoms with Crippen LogP contribution in [0.4, 0.5) is 0 Å². The number of hydrogen-bond donors (Lipinski definition) is 1. The Morgan fingerprint density at radius 3 is 2.75 bits per heavy atom. The van der Waals surface area contributed by atoms with E-state index < -0.39 is 0 Å². The molecule has 1 aliphatic carbocycles. The third kappa shape index (κ3) is 1.84. The molecule has 0 aliphatic heterocycles. The number of aliphatic imine (C=N–C) groups is 1. The first kappa shape index (κ1) is 8.78. The predicted octanol–water partition coefficient (Wildman–Crippen LogP) is 2.15. The van der Waals surface area contributed by atoms with Gasteiger partial charge in [-0.3, -0.25) is 0 Å². The van der Waals surface area contributed by atoms with Gasteiger partial charge in [0.25, 0.3) is 0 Å². The zero-order chi connectivity index (χ0) is 9.14. The summed E-state index contributed by atoms with van der Waals surface area (Å²) in [6, 6.07) is 0. The van der Waals surface area contributed by atoms with Crippen molar-refractivity contribution in [2.45, 2.75) is 20.3 Å². The molecule has 0 aromatic carbocycles. The lowest BCUT2D eigenvalue weighted by Gasteiger charge is -2.01. The van der Waals surface area contributed by atoms with E-state index in [1.807, 2.05) is 13.0 Å². The van der Waals surface area contributed by atoms with Gasteiger partial charge in [-0.2, -0.15) is 0 Å². The van der Waals surface area contributed by atoms with Crippen LogP contribution in [0.15, 0.2) is 40.6 Å². The standard InChI is InChI=1S/C10H14N2/c1-7(2)9-5-4-6-10(9)12-8(3)11/h4-5H,1,6H2,2-3H3,(H2,11,12). The summed E-state index contributed by atoms with van der Waals surface area (Å²) in [5.74, 6) is 0.604. The van der Waals surface area contributed by atoms with E-state index >= 15 is 0 Å². The molecule has 0 unspecified atom stereocenters. The summed E-state index contributed by atoms with van der Waals surface area (Å²) in [6.45, 7) is 7.65. The van der Waals surface area contributed by atoms with Crippen molar-refractivity contribution in [1.82, 2.24) is 0 Å². The molecule has 2 heteroatoms. The Labute approximate surface area is 73.2 Å². The van der Waals surface area contributed by atoms with E-state index in [-0.39, 0.29) is 0 Å². The largest absolute Gasteiger partial charge is 0.387 e. The highest BCUT2D eigenvalue weighted by Gasteiger charge is 2.08. The van der Waals surface area contributed by atoms with Crippen molar-refractivity contribution in [1.29, 1.82) is 0 Å². The number of rotatable bonds is 2. The van der Waals surface area contributed by atoms with Gasteiger partial charge in [0.2, 0.25) is 0 Å². The first-order valence-corrected chi connectivity index (χ1v) is 3.97. The van der Waals surface area contributed by atoms with Gasteiger partial charge in [-0.1, -0.05) is 18.7 Å². The highest BCUT2D eigenvalue weighted by molar-refractivity contribution is 5.79. The van der Waals surface area contributed by atoms with E-state index in [0.717, 1.165) is 23.3 Å². The average molecular weight is 162 g/mol. The van der Waals surface area contributed by atoms with Gasteiger partial charge in [0.05, 0.1) is 11.5 Å². The molecule has 0 aromatic rings. The van der Waals surface area contributed by atoms with Gasteiger partial charge in [-0.15, -0.1) is 0 Å². The minimum absolute atomic E-state index is 0.604. The normalized spacial score (nSPS) is 17.3. The van der Waals surface area contributed by atoms with Crippen molar-refractivity contribution in [2.24, 2.45) is 10.7 Å². The van der Waals surface area contributed by atoms with Crippen molar-refractivity contribution >= 4 is 5.84 Å². The molecule has 1 rings (SSSR count). The maximum atomic E-state index is 5.49. The van der Waals surface area contributed by atoms with Gasteiger partial charge < -0.3 is 5.73 Å². The van der Waals surface area contributed by atoms with Crippen LogP contribution in [0.5, 0.6) is 0 Å². The van der Waals surface area contributed by atoms with Crippen molar-refractivity contribution in [3.63, 3.8) is 0 Å². The highest BCUT2D eigenvalue weighted by atomic mass is 14.9. The van der Waals surface area contributed by atoms with Crippen molar-refractivity contribution in [2.75, 3.05) is 0 Å². The van der Waals surface area contributed by atoms with E-state index in [9.17, 15) is 0 Å². The van der Waals surface area contributed by atoms with Crippen molar-refractivity contribution < 1.29 is 0 Å². The molecule has 0 saturated heterocycles. The molecule has 0 amide bonds. The molecule has 2 nitrogen and oxygen atoms in total. The monoisotopic (exact) mass is 162 g/mol. The molecule has 0 radical (unpaired) electrons. The quantitative estimate of drug-likeness (QED) is 0.490. The van der Waals surface area contributed by atoms with Crippen LogP contribution in [0.1, 0.15) is 20.3 Å². The molecule has 1 aliphatic rings. The molecule has 0 bridgehead atoms. The Morgan fingerprint density at radius 2 is 2.25 bits per heavy atom. The van der Waals surface area contributed by atoms with E-state index in [1.54, 1.807) is 6.92 Å². The van der Waals surface area contributed by atoms with Gasteiger partial charge >= 0.3 is 0 Å². The zero-order valence-electron chi connectivity index (χ0n) is 7.59. The Kier molecular flexibility index (Phi) is 2.48. The number of nitrogens with zero attached hydrogens (tertiary/aromatic N) is 1. The molecule has 0 atom stereocenters. The van der Waals surface area contributed by atoms with Crippen LogP contribution < -0.4 is 5.73 Å². The molecule has 0 saturated carbocycles. The number of hydrogen-bond acceptors (Lipinski definition) is 1. The summed E-state index contributed by atoms with van der Waals surface area (Å²) in [4.78, 5) is 4.23. The second-order valence-electron chi connectivity index (χ2n) is 3.00. The number of nitrogens with two attached hydrogens (primary N) is 1. The van der Waals surface area contributed by atoms with Crippen LogP contribution in [0, 0.1) is 0 Å². The van der Waals surface area contributed by atoms with Crippen molar-refractivity contribution in [3.8, 4) is 0 Å². The summed E-state index contributed by atoms with van der Waals surface area (Å²) in [7, 11) is 0. The van der Waals surface area contributed by atoms with E-state index in [1.165, 1.54) is 0 Å². The zero-order valence-corrected chi connectivity index (χ0v) is 7.59. The lowest BCUT2D eigenvalue weighted by Crippen LogP contribution is -2.05. The Bertz CT molecular complexity index is 289. The van der Waals surface area contributed by atoms with Gasteiger partial charge in [0, 0.05) is 6.42 Å². The molecular weight excluding hydrogens is 148 g/mol. The second kappa shape index (κ2) is 3.39. The topological polar surface area (TPSA) is 38.4 Å². The van der Waals surface area contributed by atoms with Crippen LogP contribution in [-0.2, 0) is 0 Å². The Balaban J connectivity index is 2.97. The maximum Gasteiger partial charge on any atom is 0.0961 e. The molecule has 0 spiro atoms. The van der Waals surface area contributed by atoms with E-state index in [0.29, 0.717) is 5.84 Å². The minimum Gasteiger partial charge on any atom is -0.387 e. The first-order chi connectivity index (χ1) is 5.61. The highest BCUT2D eigenvalue weighted by Crippen LogP contribution is 2.24. The van der Waals surface area contributed by atoms with E-state index in [4.69, 9.17) is 5.73 Å². The summed E-state index contributed by atoms with van der Waals surface area (Å²) in [5, 5.41) is 0. The van der Waals surface area contributed by atoms with Crippen LogP contribution in [0.3, 0.4) is 0 Å². The minimum atomic E-state index is 0.604. The molecule has 64 valence electrons. The third-order valence-corrected chi connectivity index (χ3v) is 1.68. The van der Waals surface area contributed by atoms with Gasteiger partial charge in [-0.25, -0.2) is 4.99 Å². The number of amidine groups is 1. The van der Waals surface area contributed by atoms with E-state index in [2.05, 4.69) is 17.6 Å². The smallest absolute Gasteiger partial charge is 0.0961 e. The summed E-state index contributed by atoms with van der Waals surface area (Å²) < 4.78 is 0. The lowest BCUT2D eigenvalue weighted by molar-refractivity contribution is 1.16. The molecule has 0 aromatic heterocycles. The average Bonchev–Trinajstić information content (AvgIpc) is 2.33. The fourth-order valence-electron chi connectivity index (χ4n) is 1.20. The van der Waals surface area contributed by atoms with Gasteiger partial charge in [0.1, 0.15) is 0 Å².